The molecule has 0 radical (unpaired) electrons. The molecule has 4 heteroatoms. The number of nitrogens with zero attached hydrogens (tertiary/aromatic N) is 3. The minimum Gasteiger partial charge on any atom is -0.381 e. The van der Waals surface area contributed by atoms with Crippen LogP contribution in [0.1, 0.15) is 38.7 Å². The standard InChI is InChI=1S/C24H31N3O/c1-24(2)13-12-20(22(23(24)28-3)15-27-17-25-16-26-27)11-9-18-8-10-19-6-4-5-7-21(19)14-18/h4-8,10,14,16-17,20,22-23H,9,11-13,15H2,1-3H3/t20-,22+,23-/m1/s1. The van der Waals surface area contributed by atoms with E-state index in [0.29, 0.717) is 11.8 Å². The number of hydrogen-bond acceptors (Lipinski definition) is 3. The van der Waals surface area contributed by atoms with E-state index in [1.807, 2.05) is 18.1 Å². The van der Waals surface area contributed by atoms with Crippen molar-refractivity contribution >= 4 is 10.8 Å². The number of aryl methyl sites for hydroxylation is 1. The number of aromatic nitrogens is 3. The van der Waals surface area contributed by atoms with E-state index in [1.54, 1.807) is 6.33 Å². The predicted molar refractivity (Wildman–Crippen MR) is 113 cm³/mol. The van der Waals surface area contributed by atoms with Crippen LogP contribution in [0.5, 0.6) is 0 Å². The van der Waals surface area contributed by atoms with Crippen LogP contribution in [0.25, 0.3) is 10.8 Å². The van der Waals surface area contributed by atoms with E-state index in [1.165, 1.54) is 35.6 Å². The van der Waals surface area contributed by atoms with Gasteiger partial charge in [-0.2, -0.15) is 5.10 Å². The second-order valence-electron chi connectivity index (χ2n) is 8.95. The van der Waals surface area contributed by atoms with Gasteiger partial charge in [0.15, 0.2) is 0 Å². The van der Waals surface area contributed by atoms with E-state index >= 15 is 0 Å². The van der Waals surface area contributed by atoms with Gasteiger partial charge in [-0.15, -0.1) is 0 Å². The summed E-state index contributed by atoms with van der Waals surface area (Å²) in [5.74, 6) is 1.09. The summed E-state index contributed by atoms with van der Waals surface area (Å²) in [6.07, 6.45) is 8.45. The van der Waals surface area contributed by atoms with Gasteiger partial charge < -0.3 is 4.74 Å². The van der Waals surface area contributed by atoms with Gasteiger partial charge in [0.05, 0.1) is 6.10 Å². The first-order valence-electron chi connectivity index (χ1n) is 10.4. The number of hydrogen-bond donors (Lipinski definition) is 0. The molecule has 3 atom stereocenters. The highest BCUT2D eigenvalue weighted by Gasteiger charge is 2.44. The molecule has 1 saturated carbocycles. The Labute approximate surface area is 167 Å². The van der Waals surface area contributed by atoms with Crippen molar-refractivity contribution in [3.05, 3.63) is 60.7 Å². The molecular formula is C24H31N3O. The van der Waals surface area contributed by atoms with E-state index in [4.69, 9.17) is 4.74 Å². The van der Waals surface area contributed by atoms with Gasteiger partial charge in [-0.3, -0.25) is 4.68 Å². The Bertz CT molecular complexity index is 903. The molecule has 3 aromatic rings. The van der Waals surface area contributed by atoms with E-state index < -0.39 is 0 Å². The molecule has 1 heterocycles. The Balaban J connectivity index is 1.51. The predicted octanol–water partition coefficient (Wildman–Crippen LogP) is 5.13. The maximum Gasteiger partial charge on any atom is 0.137 e. The quantitative estimate of drug-likeness (QED) is 0.598. The maximum absolute atomic E-state index is 6.05. The zero-order chi connectivity index (χ0) is 19.6. The van der Waals surface area contributed by atoms with Gasteiger partial charge in [0.25, 0.3) is 0 Å². The summed E-state index contributed by atoms with van der Waals surface area (Å²) < 4.78 is 8.02. The summed E-state index contributed by atoms with van der Waals surface area (Å²) in [5, 5.41) is 7.01. The van der Waals surface area contributed by atoms with Crippen LogP contribution >= 0.6 is 0 Å². The summed E-state index contributed by atoms with van der Waals surface area (Å²) in [7, 11) is 1.87. The monoisotopic (exact) mass is 377 g/mol. The van der Waals surface area contributed by atoms with Crippen molar-refractivity contribution in [2.24, 2.45) is 17.3 Å². The average Bonchev–Trinajstić information content (AvgIpc) is 3.20. The van der Waals surface area contributed by atoms with Crippen LogP contribution in [0.2, 0.25) is 0 Å². The van der Waals surface area contributed by atoms with Crippen LogP contribution in [-0.2, 0) is 17.7 Å². The maximum atomic E-state index is 6.05. The molecule has 28 heavy (non-hydrogen) atoms. The van der Waals surface area contributed by atoms with E-state index in [9.17, 15) is 0 Å². The zero-order valence-corrected chi connectivity index (χ0v) is 17.2. The van der Waals surface area contributed by atoms with Crippen LogP contribution in [0.15, 0.2) is 55.1 Å². The number of rotatable bonds is 6. The molecule has 4 rings (SSSR count). The molecule has 1 aromatic heterocycles. The van der Waals surface area contributed by atoms with Gasteiger partial charge in [0.2, 0.25) is 0 Å². The third kappa shape index (κ3) is 3.97. The van der Waals surface area contributed by atoms with Crippen LogP contribution in [0.3, 0.4) is 0 Å². The molecule has 0 amide bonds. The lowest BCUT2D eigenvalue weighted by molar-refractivity contribution is -0.0925. The van der Waals surface area contributed by atoms with Crippen molar-refractivity contribution in [3.8, 4) is 0 Å². The highest BCUT2D eigenvalue weighted by Crippen LogP contribution is 2.45. The van der Waals surface area contributed by atoms with Gasteiger partial charge in [-0.25, -0.2) is 4.98 Å². The van der Waals surface area contributed by atoms with Crippen LogP contribution < -0.4 is 0 Å². The van der Waals surface area contributed by atoms with Gasteiger partial charge in [0.1, 0.15) is 12.7 Å². The Morgan fingerprint density at radius 2 is 1.96 bits per heavy atom. The lowest BCUT2D eigenvalue weighted by Crippen LogP contribution is -2.47. The van der Waals surface area contributed by atoms with Gasteiger partial charge in [0, 0.05) is 19.6 Å². The van der Waals surface area contributed by atoms with Crippen molar-refractivity contribution in [1.29, 1.82) is 0 Å². The SMILES string of the molecule is CO[C@@H]1[C@@H](Cn2cncn2)[C@H](CCc2ccc3ccccc3c2)CCC1(C)C. The fourth-order valence-corrected chi connectivity index (χ4v) is 5.13. The van der Waals surface area contributed by atoms with E-state index in [2.05, 4.69) is 66.4 Å². The number of fused-ring (bicyclic) bond motifs is 1. The van der Waals surface area contributed by atoms with Gasteiger partial charge in [-0.1, -0.05) is 56.3 Å². The Morgan fingerprint density at radius 3 is 2.71 bits per heavy atom. The molecule has 1 aliphatic rings. The third-order valence-electron chi connectivity index (χ3n) is 6.66. The summed E-state index contributed by atoms with van der Waals surface area (Å²) in [4.78, 5) is 4.13. The first-order chi connectivity index (χ1) is 13.6. The first-order valence-corrected chi connectivity index (χ1v) is 10.4. The second kappa shape index (κ2) is 8.04. The van der Waals surface area contributed by atoms with Crippen molar-refractivity contribution < 1.29 is 4.74 Å². The van der Waals surface area contributed by atoms with Crippen LogP contribution in [0.4, 0.5) is 0 Å². The highest BCUT2D eigenvalue weighted by atomic mass is 16.5. The van der Waals surface area contributed by atoms with Crippen molar-refractivity contribution in [1.82, 2.24) is 14.8 Å². The minimum absolute atomic E-state index is 0.194. The molecule has 2 aromatic carbocycles. The number of benzene rings is 2. The fourth-order valence-electron chi connectivity index (χ4n) is 5.13. The van der Waals surface area contributed by atoms with Crippen molar-refractivity contribution in [2.75, 3.05) is 7.11 Å². The second-order valence-corrected chi connectivity index (χ2v) is 8.95. The fraction of sp³-hybridized carbons (Fsp3) is 0.500. The summed E-state index contributed by atoms with van der Waals surface area (Å²) in [6.45, 7) is 5.56. The lowest BCUT2D eigenvalue weighted by atomic mass is 9.63. The molecule has 1 fully saturated rings. The topological polar surface area (TPSA) is 39.9 Å². The first kappa shape index (κ1) is 19.1. The van der Waals surface area contributed by atoms with Crippen LogP contribution in [-0.4, -0.2) is 28.0 Å². The number of methoxy groups -OCH3 is 1. The van der Waals surface area contributed by atoms with Crippen LogP contribution in [0, 0.1) is 17.3 Å². The Morgan fingerprint density at radius 1 is 1.14 bits per heavy atom. The van der Waals surface area contributed by atoms with Crippen molar-refractivity contribution in [3.63, 3.8) is 0 Å². The average molecular weight is 378 g/mol. The molecule has 0 unspecified atom stereocenters. The van der Waals surface area contributed by atoms with Gasteiger partial charge in [-0.05, 0) is 53.4 Å². The molecular weight excluding hydrogens is 346 g/mol. The minimum atomic E-state index is 0.194. The molecule has 0 N–H and O–H groups in total. The Kier molecular flexibility index (Phi) is 5.49. The normalized spacial score (nSPS) is 24.5. The van der Waals surface area contributed by atoms with Crippen molar-refractivity contribution in [2.45, 2.75) is 52.2 Å². The molecule has 0 aliphatic heterocycles. The molecule has 4 nitrogen and oxygen atoms in total. The third-order valence-corrected chi connectivity index (χ3v) is 6.66. The molecule has 0 bridgehead atoms. The lowest BCUT2D eigenvalue weighted by Gasteiger charge is -2.47. The van der Waals surface area contributed by atoms with E-state index in [-0.39, 0.29) is 11.5 Å². The van der Waals surface area contributed by atoms with E-state index in [0.717, 1.165) is 13.0 Å². The summed E-state index contributed by atoms with van der Waals surface area (Å²) in [5.41, 5.74) is 1.62. The molecule has 0 saturated heterocycles. The molecule has 1 aliphatic carbocycles. The van der Waals surface area contributed by atoms with Gasteiger partial charge >= 0.3 is 0 Å². The molecule has 148 valence electrons. The zero-order valence-electron chi connectivity index (χ0n) is 17.2. The number of ether oxygens (including phenoxy) is 1. The highest BCUT2D eigenvalue weighted by molar-refractivity contribution is 5.82. The summed E-state index contributed by atoms with van der Waals surface area (Å²) >= 11 is 0. The smallest absolute Gasteiger partial charge is 0.137 e. The Hall–Kier alpha value is -2.20. The summed E-state index contributed by atoms with van der Waals surface area (Å²) in [6, 6.07) is 15.5. The largest absolute Gasteiger partial charge is 0.381 e. The molecule has 0 spiro atoms.